The van der Waals surface area contributed by atoms with Crippen LogP contribution in [0.5, 0.6) is 11.5 Å². The number of fused-ring (bicyclic) bond motifs is 1. The summed E-state index contributed by atoms with van der Waals surface area (Å²) < 4.78 is 4.76. The van der Waals surface area contributed by atoms with Gasteiger partial charge in [-0.3, -0.25) is 9.59 Å². The molecule has 0 bridgehead atoms. The largest absolute Gasteiger partial charge is 0.506 e. The number of phenols is 2. The van der Waals surface area contributed by atoms with Crippen LogP contribution in [-0.4, -0.2) is 41.1 Å². The number of azo groups is 2. The van der Waals surface area contributed by atoms with Crippen LogP contribution in [0, 0.1) is 0 Å². The van der Waals surface area contributed by atoms with Gasteiger partial charge in [-0.15, -0.1) is 10.2 Å². The third-order valence-electron chi connectivity index (χ3n) is 7.02. The quantitative estimate of drug-likeness (QED) is 0.0915. The number of hydrogen-bond donors (Lipinski definition) is 4. The van der Waals surface area contributed by atoms with Crippen LogP contribution in [0.3, 0.4) is 0 Å². The number of aromatic hydroxyl groups is 2. The molecule has 0 aliphatic heterocycles. The molecule has 5 aromatic carbocycles. The molecule has 12 nitrogen and oxygen atoms in total. The first kappa shape index (κ1) is 32.0. The first-order valence-electron chi connectivity index (χ1n) is 14.4. The first-order chi connectivity index (χ1) is 22.7. The minimum atomic E-state index is -0.894. The van der Waals surface area contributed by atoms with E-state index in [4.69, 9.17) is 4.74 Å². The van der Waals surface area contributed by atoms with E-state index in [0.29, 0.717) is 39.3 Å². The summed E-state index contributed by atoms with van der Waals surface area (Å²) in [5.74, 6) is -1.37. The van der Waals surface area contributed by atoms with Gasteiger partial charge in [0.1, 0.15) is 23.2 Å². The molecule has 0 aliphatic rings. The highest BCUT2D eigenvalue weighted by Crippen LogP contribution is 2.35. The van der Waals surface area contributed by atoms with Gasteiger partial charge in [-0.1, -0.05) is 36.4 Å². The molecule has 0 saturated carbocycles. The van der Waals surface area contributed by atoms with Gasteiger partial charge in [-0.05, 0) is 77.7 Å². The molecule has 0 radical (unpaired) electrons. The number of amides is 2. The number of carbonyl (C=O) groups excluding carboxylic acids is 3. The molecule has 0 fully saturated rings. The van der Waals surface area contributed by atoms with Crippen LogP contribution in [-0.2, 0) is 20.7 Å². The molecular weight excluding hydrogens is 600 g/mol. The summed E-state index contributed by atoms with van der Waals surface area (Å²) >= 11 is 0. The number of carbonyl (C=O) groups is 3. The molecule has 1 atom stereocenters. The van der Waals surface area contributed by atoms with E-state index in [-0.39, 0.29) is 35.4 Å². The Labute approximate surface area is 269 Å². The number of anilines is 1. The highest BCUT2D eigenvalue weighted by molar-refractivity contribution is 6.04. The summed E-state index contributed by atoms with van der Waals surface area (Å²) in [6.07, 6.45) is 0.131. The normalized spacial score (nSPS) is 11.9. The van der Waals surface area contributed by atoms with E-state index < -0.39 is 12.0 Å². The average molecular weight is 631 g/mol. The van der Waals surface area contributed by atoms with Crippen LogP contribution >= 0.6 is 0 Å². The van der Waals surface area contributed by atoms with Crippen LogP contribution in [0.25, 0.3) is 10.8 Å². The van der Waals surface area contributed by atoms with Crippen molar-refractivity contribution in [3.63, 3.8) is 0 Å². The lowest BCUT2D eigenvalue weighted by atomic mass is 10.0. The highest BCUT2D eigenvalue weighted by atomic mass is 16.5. The molecule has 236 valence electrons. The van der Waals surface area contributed by atoms with Gasteiger partial charge in [0.05, 0.1) is 18.5 Å². The summed E-state index contributed by atoms with van der Waals surface area (Å²) in [5, 5.41) is 44.4. The zero-order valence-electron chi connectivity index (χ0n) is 25.4. The molecule has 4 N–H and O–H groups in total. The number of benzene rings is 5. The molecule has 0 heterocycles. The Morgan fingerprint density at radius 2 is 1.43 bits per heavy atom. The van der Waals surface area contributed by atoms with Crippen molar-refractivity contribution in [2.75, 3.05) is 12.4 Å². The van der Waals surface area contributed by atoms with Crippen LogP contribution in [0.2, 0.25) is 0 Å². The summed E-state index contributed by atoms with van der Waals surface area (Å²) in [7, 11) is 1.23. The molecule has 12 heteroatoms. The second-order valence-corrected chi connectivity index (χ2v) is 10.4. The lowest BCUT2D eigenvalue weighted by Crippen LogP contribution is -2.41. The molecule has 0 aromatic heterocycles. The molecule has 0 saturated heterocycles. The third-order valence-corrected chi connectivity index (χ3v) is 7.02. The second kappa shape index (κ2) is 14.6. The Balaban J connectivity index is 1.19. The molecule has 0 aliphatic carbocycles. The maximum atomic E-state index is 12.8. The second-order valence-electron chi connectivity index (χ2n) is 10.4. The zero-order chi connectivity index (χ0) is 33.3. The van der Waals surface area contributed by atoms with Gasteiger partial charge < -0.3 is 25.6 Å². The van der Waals surface area contributed by atoms with Crippen molar-refractivity contribution in [3.8, 4) is 11.5 Å². The van der Waals surface area contributed by atoms with E-state index in [1.54, 1.807) is 66.7 Å². The number of rotatable bonds is 10. The Kier molecular flexibility index (Phi) is 9.91. The molecular formula is C35H30N6O6. The van der Waals surface area contributed by atoms with Gasteiger partial charge in [0, 0.05) is 30.0 Å². The number of ether oxygens (including phenoxy) is 1. The number of methoxy groups -OCH3 is 1. The monoisotopic (exact) mass is 630 g/mol. The minimum absolute atomic E-state index is 0.0491. The summed E-state index contributed by atoms with van der Waals surface area (Å²) in [6, 6.07) is 27.9. The number of phenolic OH excluding ortho intramolecular Hbond substituents is 2. The fourth-order valence-corrected chi connectivity index (χ4v) is 4.63. The Morgan fingerprint density at radius 1 is 0.766 bits per heavy atom. The van der Waals surface area contributed by atoms with E-state index in [1.807, 2.05) is 30.3 Å². The SMILES string of the molecule is COC(=O)[C@H](Cc1ccc(O)c(N=Nc2ccc(NC(=O)c3ccc(N=Nc4ccc5ccccc5c4O)cc3)cc2)c1)NC(C)=O. The number of hydrogen-bond acceptors (Lipinski definition) is 10. The van der Waals surface area contributed by atoms with Gasteiger partial charge in [0.25, 0.3) is 5.91 Å². The van der Waals surface area contributed by atoms with Crippen LogP contribution in [0.1, 0.15) is 22.8 Å². The van der Waals surface area contributed by atoms with Gasteiger partial charge in [0.2, 0.25) is 5.91 Å². The van der Waals surface area contributed by atoms with Gasteiger partial charge in [-0.2, -0.15) is 10.2 Å². The maximum Gasteiger partial charge on any atom is 0.328 e. The molecule has 0 spiro atoms. The van der Waals surface area contributed by atoms with Crippen molar-refractivity contribution < 1.29 is 29.3 Å². The smallest absolute Gasteiger partial charge is 0.328 e. The molecule has 5 rings (SSSR count). The average Bonchev–Trinajstić information content (AvgIpc) is 3.08. The van der Waals surface area contributed by atoms with E-state index in [9.17, 15) is 24.6 Å². The predicted molar refractivity (Wildman–Crippen MR) is 176 cm³/mol. The van der Waals surface area contributed by atoms with Crippen molar-refractivity contribution in [2.45, 2.75) is 19.4 Å². The highest BCUT2D eigenvalue weighted by Gasteiger charge is 2.21. The van der Waals surface area contributed by atoms with Gasteiger partial charge in [-0.25, -0.2) is 4.79 Å². The lowest BCUT2D eigenvalue weighted by molar-refractivity contribution is -0.144. The van der Waals surface area contributed by atoms with Crippen molar-refractivity contribution >= 4 is 57.0 Å². The van der Waals surface area contributed by atoms with Crippen molar-refractivity contribution in [3.05, 3.63) is 114 Å². The molecule has 0 unspecified atom stereocenters. The Bertz CT molecular complexity index is 1990. The van der Waals surface area contributed by atoms with E-state index >= 15 is 0 Å². The molecule has 2 amide bonds. The number of nitrogens with zero attached hydrogens (tertiary/aromatic N) is 4. The maximum absolute atomic E-state index is 12.8. The number of nitrogens with one attached hydrogen (secondary N) is 2. The predicted octanol–water partition coefficient (Wildman–Crippen LogP) is 7.55. The molecule has 5 aromatic rings. The third kappa shape index (κ3) is 8.19. The van der Waals surface area contributed by atoms with Gasteiger partial charge in [0.15, 0.2) is 5.75 Å². The zero-order valence-corrected chi connectivity index (χ0v) is 25.4. The molecule has 47 heavy (non-hydrogen) atoms. The van der Waals surface area contributed by atoms with E-state index in [2.05, 4.69) is 31.1 Å². The lowest BCUT2D eigenvalue weighted by Gasteiger charge is -2.15. The Hall–Kier alpha value is -6.43. The summed E-state index contributed by atoms with van der Waals surface area (Å²) in [6.45, 7) is 1.30. The number of esters is 1. The van der Waals surface area contributed by atoms with E-state index in [0.717, 1.165) is 5.39 Å². The van der Waals surface area contributed by atoms with Crippen molar-refractivity contribution in [1.29, 1.82) is 0 Å². The van der Waals surface area contributed by atoms with Gasteiger partial charge >= 0.3 is 5.97 Å². The van der Waals surface area contributed by atoms with Crippen LogP contribution in [0.15, 0.2) is 124 Å². The fourth-order valence-electron chi connectivity index (χ4n) is 4.63. The van der Waals surface area contributed by atoms with E-state index in [1.165, 1.54) is 20.1 Å². The fraction of sp³-hybridized carbons (Fsp3) is 0.114. The standard InChI is InChI=1S/C35H30N6O6/c1-21(42)36-31(35(46)47-2)20-22-7-18-32(43)30(19-22)41-39-27-15-13-25(14-16-27)37-34(45)24-8-11-26(12-9-24)38-40-29-17-10-23-5-3-4-6-28(23)33(29)44/h3-19,31,43-44H,20H2,1-2H3,(H,36,42)(H,37,45)/t31-/m0/s1. The van der Waals surface area contributed by atoms with Crippen molar-refractivity contribution in [2.24, 2.45) is 20.5 Å². The topological polar surface area (TPSA) is 174 Å². The van der Waals surface area contributed by atoms with Crippen molar-refractivity contribution in [1.82, 2.24) is 5.32 Å². The van der Waals surface area contributed by atoms with Crippen LogP contribution in [0.4, 0.5) is 28.4 Å². The Morgan fingerprint density at radius 3 is 2.11 bits per heavy atom. The first-order valence-corrected chi connectivity index (χ1v) is 14.4. The summed E-state index contributed by atoms with van der Waals surface area (Å²) in [5.41, 5.74) is 3.04. The minimum Gasteiger partial charge on any atom is -0.506 e. The summed E-state index contributed by atoms with van der Waals surface area (Å²) in [4.78, 5) is 36.3. The van der Waals surface area contributed by atoms with Crippen LogP contribution < -0.4 is 10.6 Å².